The number of aromatic nitrogens is 2. The van der Waals surface area contributed by atoms with Crippen LogP contribution in [0, 0.1) is 0 Å². The lowest BCUT2D eigenvalue weighted by atomic mass is 9.76. The van der Waals surface area contributed by atoms with Gasteiger partial charge in [0.25, 0.3) is 0 Å². The normalized spacial score (nSPS) is 16.8. The number of hydrogen-bond donors (Lipinski definition) is 3. The summed E-state index contributed by atoms with van der Waals surface area (Å²) in [5.74, 6) is -0.119. The van der Waals surface area contributed by atoms with Crippen molar-refractivity contribution in [3.05, 3.63) is 17.7 Å². The van der Waals surface area contributed by atoms with Crippen LogP contribution in [-0.2, 0) is 10.3 Å². The molecule has 0 aliphatic heterocycles. The number of carbonyl (C=O) groups is 2. The minimum atomic E-state index is -1.04. The van der Waals surface area contributed by atoms with Crippen LogP contribution < -0.4 is 5.32 Å². The van der Waals surface area contributed by atoms with Crippen molar-refractivity contribution in [2.75, 3.05) is 5.75 Å². The van der Waals surface area contributed by atoms with E-state index in [1.165, 1.54) is 6.20 Å². The molecule has 0 aromatic carbocycles. The highest BCUT2D eigenvalue weighted by molar-refractivity contribution is 8.00. The van der Waals surface area contributed by atoms with Crippen LogP contribution in [0.2, 0.25) is 0 Å². The van der Waals surface area contributed by atoms with Crippen molar-refractivity contribution in [3.63, 3.8) is 0 Å². The Balaban J connectivity index is 2.05. The second kappa shape index (κ2) is 5.87. The first-order valence-corrected chi connectivity index (χ1v) is 7.69. The van der Waals surface area contributed by atoms with E-state index in [0.29, 0.717) is 16.8 Å². The molecule has 1 amide bonds. The Morgan fingerprint density at radius 3 is 2.70 bits per heavy atom. The molecule has 0 atom stereocenters. The average Bonchev–Trinajstić information content (AvgIpc) is 2.81. The molecular formula is C13H19N3O3S. The zero-order chi connectivity index (χ0) is 14.8. The summed E-state index contributed by atoms with van der Waals surface area (Å²) in [6.07, 6.45) is 3.88. The zero-order valence-electron chi connectivity index (χ0n) is 11.6. The summed E-state index contributed by atoms with van der Waals surface area (Å²) in [5.41, 5.74) is -0.459. The molecule has 3 N–H and O–H groups in total. The zero-order valence-corrected chi connectivity index (χ0v) is 12.4. The van der Waals surface area contributed by atoms with Crippen LogP contribution in [0.5, 0.6) is 0 Å². The van der Waals surface area contributed by atoms with E-state index in [-0.39, 0.29) is 11.6 Å². The van der Waals surface area contributed by atoms with Crippen LogP contribution in [0.25, 0.3) is 0 Å². The van der Waals surface area contributed by atoms with E-state index in [4.69, 9.17) is 5.11 Å². The molecule has 0 spiro atoms. The van der Waals surface area contributed by atoms with E-state index >= 15 is 0 Å². The van der Waals surface area contributed by atoms with E-state index in [1.54, 1.807) is 11.8 Å². The molecule has 1 heterocycles. The van der Waals surface area contributed by atoms with E-state index in [2.05, 4.69) is 15.3 Å². The molecule has 0 radical (unpaired) electrons. The van der Waals surface area contributed by atoms with Crippen molar-refractivity contribution in [2.24, 2.45) is 0 Å². The molecule has 6 nitrogen and oxygen atoms in total. The summed E-state index contributed by atoms with van der Waals surface area (Å²) in [6, 6.07) is 0. The van der Waals surface area contributed by atoms with Gasteiger partial charge in [-0.3, -0.25) is 4.79 Å². The molecule has 110 valence electrons. The van der Waals surface area contributed by atoms with Gasteiger partial charge in [0.2, 0.25) is 5.91 Å². The lowest BCUT2D eigenvalue weighted by Gasteiger charge is -2.40. The number of nitrogens with zero attached hydrogens (tertiary/aromatic N) is 1. The number of nitrogens with one attached hydrogen (secondary N) is 2. The second-order valence-electron chi connectivity index (χ2n) is 5.29. The summed E-state index contributed by atoms with van der Waals surface area (Å²) in [7, 11) is 0. The standard InChI is InChI=1S/C13H19N3O3S/c1-8(2)20-7-10(17)16-13(4-3-5-13)12-14-6-9(15-12)11(18)19/h6,8H,3-5,7H2,1-2H3,(H,14,15)(H,16,17)(H,18,19). The van der Waals surface area contributed by atoms with Crippen molar-refractivity contribution < 1.29 is 14.7 Å². The highest BCUT2D eigenvalue weighted by Gasteiger charge is 2.42. The molecule has 0 unspecified atom stereocenters. The van der Waals surface area contributed by atoms with E-state index in [9.17, 15) is 9.59 Å². The highest BCUT2D eigenvalue weighted by atomic mass is 32.2. The average molecular weight is 297 g/mol. The molecule has 1 aromatic heterocycles. The minimum Gasteiger partial charge on any atom is -0.477 e. The van der Waals surface area contributed by atoms with Crippen molar-refractivity contribution >= 4 is 23.6 Å². The lowest BCUT2D eigenvalue weighted by molar-refractivity contribution is -0.121. The smallest absolute Gasteiger partial charge is 0.353 e. The van der Waals surface area contributed by atoms with Crippen molar-refractivity contribution in [1.29, 1.82) is 0 Å². The monoisotopic (exact) mass is 297 g/mol. The SMILES string of the molecule is CC(C)SCC(=O)NC1(c2ncc(C(=O)O)[nH]2)CCC1. The molecule has 1 aliphatic carbocycles. The van der Waals surface area contributed by atoms with Gasteiger partial charge in [0.15, 0.2) is 0 Å². The molecule has 1 saturated carbocycles. The maximum absolute atomic E-state index is 12.0. The number of imidazole rings is 1. The number of carboxylic acid groups (broad SMARTS) is 1. The number of carboxylic acids is 1. The third-order valence-corrected chi connectivity index (χ3v) is 4.49. The number of aromatic carboxylic acids is 1. The van der Waals surface area contributed by atoms with Crippen molar-refractivity contribution in [2.45, 2.75) is 43.9 Å². The molecule has 1 fully saturated rings. The maximum atomic E-state index is 12.0. The third-order valence-electron chi connectivity index (χ3n) is 3.39. The predicted molar refractivity (Wildman–Crippen MR) is 76.8 cm³/mol. The fourth-order valence-corrected chi connectivity index (χ4v) is 2.73. The summed E-state index contributed by atoms with van der Waals surface area (Å²) < 4.78 is 0. The van der Waals surface area contributed by atoms with Crippen LogP contribution in [0.4, 0.5) is 0 Å². The lowest BCUT2D eigenvalue weighted by Crippen LogP contribution is -2.52. The molecule has 0 saturated heterocycles. The van der Waals surface area contributed by atoms with Crippen LogP contribution in [0.15, 0.2) is 6.20 Å². The summed E-state index contributed by atoms with van der Waals surface area (Å²) in [6.45, 7) is 4.09. The highest BCUT2D eigenvalue weighted by Crippen LogP contribution is 2.39. The van der Waals surface area contributed by atoms with E-state index < -0.39 is 11.5 Å². The van der Waals surface area contributed by atoms with Gasteiger partial charge in [-0.25, -0.2) is 9.78 Å². The number of carbonyl (C=O) groups excluding carboxylic acids is 1. The van der Waals surface area contributed by atoms with Crippen LogP contribution >= 0.6 is 11.8 Å². The fraction of sp³-hybridized carbons (Fsp3) is 0.615. The Kier molecular flexibility index (Phi) is 4.37. The van der Waals surface area contributed by atoms with Gasteiger partial charge in [-0.15, -0.1) is 11.8 Å². The first-order valence-electron chi connectivity index (χ1n) is 6.64. The number of H-pyrrole nitrogens is 1. The van der Waals surface area contributed by atoms with Gasteiger partial charge < -0.3 is 15.4 Å². The minimum absolute atomic E-state index is 0.0309. The molecular weight excluding hydrogens is 278 g/mol. The maximum Gasteiger partial charge on any atom is 0.353 e. The van der Waals surface area contributed by atoms with Gasteiger partial charge in [0.1, 0.15) is 11.5 Å². The Morgan fingerprint density at radius 1 is 1.55 bits per heavy atom. The molecule has 1 aliphatic rings. The number of amides is 1. The summed E-state index contributed by atoms with van der Waals surface area (Å²) in [4.78, 5) is 29.8. The first-order chi connectivity index (χ1) is 9.43. The summed E-state index contributed by atoms with van der Waals surface area (Å²) >= 11 is 1.58. The van der Waals surface area contributed by atoms with Gasteiger partial charge in [-0.2, -0.15) is 0 Å². The van der Waals surface area contributed by atoms with E-state index in [1.807, 2.05) is 13.8 Å². The van der Waals surface area contributed by atoms with Crippen molar-refractivity contribution in [1.82, 2.24) is 15.3 Å². The van der Waals surface area contributed by atoms with E-state index in [0.717, 1.165) is 19.3 Å². The molecule has 2 rings (SSSR count). The van der Waals surface area contributed by atoms with Crippen molar-refractivity contribution in [3.8, 4) is 0 Å². The van der Waals surface area contributed by atoms with Crippen LogP contribution in [0.3, 0.4) is 0 Å². The Morgan fingerprint density at radius 2 is 2.25 bits per heavy atom. The Bertz CT molecular complexity index is 509. The molecule has 7 heteroatoms. The summed E-state index contributed by atoms with van der Waals surface area (Å²) in [5, 5.41) is 12.3. The molecule has 1 aromatic rings. The number of hydrogen-bond acceptors (Lipinski definition) is 4. The second-order valence-corrected chi connectivity index (χ2v) is 6.86. The number of thioether (sulfide) groups is 1. The third kappa shape index (κ3) is 3.15. The Hall–Kier alpha value is -1.50. The van der Waals surface area contributed by atoms with Gasteiger partial charge in [0, 0.05) is 0 Å². The predicted octanol–water partition coefficient (Wildman–Crippen LogP) is 1.74. The molecule has 0 bridgehead atoms. The quantitative estimate of drug-likeness (QED) is 0.743. The number of aromatic amines is 1. The van der Waals surface area contributed by atoms with Gasteiger partial charge >= 0.3 is 5.97 Å². The topological polar surface area (TPSA) is 95.1 Å². The van der Waals surface area contributed by atoms with Gasteiger partial charge in [-0.1, -0.05) is 13.8 Å². The molecule has 20 heavy (non-hydrogen) atoms. The van der Waals surface area contributed by atoms with Crippen LogP contribution in [-0.4, -0.2) is 38.0 Å². The van der Waals surface area contributed by atoms with Gasteiger partial charge in [-0.05, 0) is 24.5 Å². The fourth-order valence-electron chi connectivity index (χ4n) is 2.17. The Labute approximate surface area is 121 Å². The van der Waals surface area contributed by atoms with Gasteiger partial charge in [0.05, 0.1) is 17.5 Å². The first kappa shape index (κ1) is 14.9. The largest absolute Gasteiger partial charge is 0.477 e. The number of rotatable bonds is 6. The van der Waals surface area contributed by atoms with Crippen LogP contribution in [0.1, 0.15) is 49.4 Å².